The summed E-state index contributed by atoms with van der Waals surface area (Å²) in [6, 6.07) is 25.6. The van der Waals surface area contributed by atoms with E-state index in [0.29, 0.717) is 28.6 Å². The van der Waals surface area contributed by atoms with Gasteiger partial charge in [-0.15, -0.1) is 0 Å². The highest BCUT2D eigenvalue weighted by Crippen LogP contribution is 2.32. The fourth-order valence-corrected chi connectivity index (χ4v) is 4.27. The van der Waals surface area contributed by atoms with Crippen LogP contribution in [0.3, 0.4) is 0 Å². The Morgan fingerprint density at radius 3 is 2.53 bits per heavy atom. The molecule has 0 atom stereocenters. The molecule has 0 bridgehead atoms. The van der Waals surface area contributed by atoms with E-state index in [1.54, 1.807) is 30.3 Å². The van der Waals surface area contributed by atoms with Crippen molar-refractivity contribution in [3.8, 4) is 5.75 Å². The summed E-state index contributed by atoms with van der Waals surface area (Å²) in [7, 11) is 0. The van der Waals surface area contributed by atoms with Crippen molar-refractivity contribution in [2.24, 2.45) is 0 Å². The van der Waals surface area contributed by atoms with E-state index >= 15 is 0 Å². The molecule has 34 heavy (non-hydrogen) atoms. The van der Waals surface area contributed by atoms with Crippen LogP contribution >= 0.6 is 27.5 Å². The van der Waals surface area contributed by atoms with Gasteiger partial charge in [0.25, 0.3) is 5.91 Å². The predicted molar refractivity (Wildman–Crippen MR) is 138 cm³/mol. The second-order valence-corrected chi connectivity index (χ2v) is 9.07. The van der Waals surface area contributed by atoms with Crippen LogP contribution in [-0.4, -0.2) is 11.9 Å². The molecule has 1 N–H and O–H groups in total. The average molecular weight is 534 g/mol. The number of ether oxygens (including phenoxy) is 1. The van der Waals surface area contributed by atoms with Crippen LogP contribution in [0.25, 0.3) is 16.8 Å². The predicted octanol–water partition coefficient (Wildman–Crippen LogP) is 6.93. The van der Waals surface area contributed by atoms with Gasteiger partial charge < -0.3 is 10.1 Å². The van der Waals surface area contributed by atoms with Crippen LogP contribution in [0.1, 0.15) is 11.1 Å². The van der Waals surface area contributed by atoms with Crippen LogP contribution in [-0.2, 0) is 11.4 Å². The molecule has 4 aromatic rings. The maximum Gasteiger partial charge on any atom is 0.333 e. The molecule has 0 radical (unpaired) electrons. The molecule has 0 saturated carbocycles. The number of halogens is 2. The van der Waals surface area contributed by atoms with E-state index in [0.717, 1.165) is 25.7 Å². The third kappa shape index (κ3) is 4.42. The molecule has 5 rings (SSSR count). The quantitative estimate of drug-likeness (QED) is 0.223. The number of anilines is 1. The first kappa shape index (κ1) is 22.2. The number of amides is 3. The fraction of sp³-hybridized carbons (Fsp3) is 0.0370. The van der Waals surface area contributed by atoms with Crippen molar-refractivity contribution in [1.29, 1.82) is 0 Å². The number of rotatable bonds is 5. The van der Waals surface area contributed by atoms with Crippen LogP contribution < -0.4 is 15.0 Å². The molecule has 0 aromatic heterocycles. The maximum absolute atomic E-state index is 13.2. The minimum Gasteiger partial charge on any atom is -0.488 e. The summed E-state index contributed by atoms with van der Waals surface area (Å²) in [4.78, 5) is 26.9. The summed E-state index contributed by atoms with van der Waals surface area (Å²) in [5.74, 6) is 0.149. The number of hydrogen-bond acceptors (Lipinski definition) is 3. The Kier molecular flexibility index (Phi) is 6.09. The van der Waals surface area contributed by atoms with Gasteiger partial charge >= 0.3 is 6.03 Å². The van der Waals surface area contributed by atoms with Gasteiger partial charge in [0.2, 0.25) is 0 Å². The minimum absolute atomic E-state index is 0.162. The molecule has 7 heteroatoms. The monoisotopic (exact) mass is 532 g/mol. The number of carbonyl (C=O) groups excluding carboxylic acids is 2. The molecule has 0 aliphatic carbocycles. The normalized spacial score (nSPS) is 14.6. The van der Waals surface area contributed by atoms with Gasteiger partial charge in [-0.1, -0.05) is 76.1 Å². The van der Waals surface area contributed by atoms with Crippen molar-refractivity contribution >= 4 is 62.0 Å². The summed E-state index contributed by atoms with van der Waals surface area (Å²) in [6.07, 6.45) is 1.67. The molecule has 168 valence electrons. The molecule has 0 unspecified atom stereocenters. The SMILES string of the molecule is O=C1N/C(=C/c2c(OCc3ccc(Br)cc3)ccc3ccccc23)C(=O)N1c1cccc(Cl)c1. The molecule has 4 aromatic carbocycles. The van der Waals surface area contributed by atoms with Crippen LogP contribution in [0.4, 0.5) is 10.5 Å². The number of benzene rings is 4. The number of imide groups is 1. The van der Waals surface area contributed by atoms with Gasteiger partial charge in [0, 0.05) is 15.1 Å². The lowest BCUT2D eigenvalue weighted by atomic mass is 10.0. The zero-order chi connectivity index (χ0) is 23.7. The summed E-state index contributed by atoms with van der Waals surface area (Å²) >= 11 is 9.50. The largest absolute Gasteiger partial charge is 0.488 e. The van der Waals surface area contributed by atoms with Crippen molar-refractivity contribution in [3.63, 3.8) is 0 Å². The highest BCUT2D eigenvalue weighted by Gasteiger charge is 2.35. The van der Waals surface area contributed by atoms with Crippen LogP contribution in [0.2, 0.25) is 5.02 Å². The van der Waals surface area contributed by atoms with Crippen molar-refractivity contribution in [2.45, 2.75) is 6.61 Å². The van der Waals surface area contributed by atoms with Crippen molar-refractivity contribution in [1.82, 2.24) is 5.32 Å². The zero-order valence-electron chi connectivity index (χ0n) is 17.8. The van der Waals surface area contributed by atoms with E-state index in [4.69, 9.17) is 16.3 Å². The molecule has 0 spiro atoms. The van der Waals surface area contributed by atoms with Gasteiger partial charge in [0.1, 0.15) is 18.1 Å². The van der Waals surface area contributed by atoms with Crippen LogP contribution in [0.5, 0.6) is 5.75 Å². The Balaban J connectivity index is 1.53. The highest BCUT2D eigenvalue weighted by molar-refractivity contribution is 9.10. The number of fused-ring (bicyclic) bond motifs is 1. The van der Waals surface area contributed by atoms with Gasteiger partial charge in [-0.3, -0.25) is 4.79 Å². The van der Waals surface area contributed by atoms with Crippen molar-refractivity contribution in [2.75, 3.05) is 4.90 Å². The lowest BCUT2D eigenvalue weighted by molar-refractivity contribution is -0.113. The molecule has 1 aliphatic rings. The first-order valence-corrected chi connectivity index (χ1v) is 11.7. The first-order valence-electron chi connectivity index (χ1n) is 10.5. The van der Waals surface area contributed by atoms with Gasteiger partial charge in [-0.2, -0.15) is 0 Å². The minimum atomic E-state index is -0.531. The number of carbonyl (C=O) groups is 2. The number of urea groups is 1. The van der Waals surface area contributed by atoms with Crippen LogP contribution in [0.15, 0.2) is 95.1 Å². The van der Waals surface area contributed by atoms with E-state index in [1.165, 1.54) is 0 Å². The topological polar surface area (TPSA) is 58.6 Å². The summed E-state index contributed by atoms with van der Waals surface area (Å²) in [6.45, 7) is 0.358. The third-order valence-corrected chi connectivity index (χ3v) is 6.24. The van der Waals surface area contributed by atoms with Crippen molar-refractivity contribution in [3.05, 3.63) is 111 Å². The van der Waals surface area contributed by atoms with E-state index < -0.39 is 11.9 Å². The number of nitrogens with one attached hydrogen (secondary N) is 1. The van der Waals surface area contributed by atoms with E-state index in [2.05, 4.69) is 21.2 Å². The number of hydrogen-bond donors (Lipinski definition) is 1. The van der Waals surface area contributed by atoms with E-state index in [1.807, 2.05) is 60.7 Å². The Morgan fingerprint density at radius 1 is 0.941 bits per heavy atom. The maximum atomic E-state index is 13.2. The van der Waals surface area contributed by atoms with Crippen LogP contribution in [0, 0.1) is 0 Å². The highest BCUT2D eigenvalue weighted by atomic mass is 79.9. The molecule has 1 fully saturated rings. The molecule has 3 amide bonds. The Labute approximate surface area is 209 Å². The molecule has 1 aliphatic heterocycles. The van der Waals surface area contributed by atoms with Gasteiger partial charge in [-0.05, 0) is 58.8 Å². The first-order chi connectivity index (χ1) is 16.5. The smallest absolute Gasteiger partial charge is 0.333 e. The Bertz CT molecular complexity index is 1450. The average Bonchev–Trinajstić information content (AvgIpc) is 3.12. The molecular weight excluding hydrogens is 516 g/mol. The number of nitrogens with zero attached hydrogens (tertiary/aromatic N) is 1. The molecule has 1 heterocycles. The second kappa shape index (κ2) is 9.33. The molecular formula is C27H18BrClN2O3. The van der Waals surface area contributed by atoms with Crippen molar-refractivity contribution < 1.29 is 14.3 Å². The fourth-order valence-electron chi connectivity index (χ4n) is 3.82. The summed E-state index contributed by atoms with van der Waals surface area (Å²) in [5.41, 5.74) is 2.29. The second-order valence-electron chi connectivity index (χ2n) is 7.72. The zero-order valence-corrected chi connectivity index (χ0v) is 20.1. The summed E-state index contributed by atoms with van der Waals surface area (Å²) < 4.78 is 7.15. The lowest BCUT2D eigenvalue weighted by Crippen LogP contribution is -2.30. The van der Waals surface area contributed by atoms with Gasteiger partial charge in [0.05, 0.1) is 5.69 Å². The van der Waals surface area contributed by atoms with E-state index in [9.17, 15) is 9.59 Å². The van der Waals surface area contributed by atoms with Gasteiger partial charge in [-0.25, -0.2) is 9.69 Å². The molecule has 1 saturated heterocycles. The van der Waals surface area contributed by atoms with E-state index in [-0.39, 0.29) is 5.70 Å². The lowest BCUT2D eigenvalue weighted by Gasteiger charge is -2.13. The Hall–Kier alpha value is -3.61. The summed E-state index contributed by atoms with van der Waals surface area (Å²) in [5, 5.41) is 5.03. The third-order valence-electron chi connectivity index (χ3n) is 5.47. The molecule has 5 nitrogen and oxygen atoms in total. The van der Waals surface area contributed by atoms with Gasteiger partial charge in [0.15, 0.2) is 0 Å². The standard InChI is InChI=1S/C27H18BrClN2O3/c28-19-11-8-17(9-12-19)16-34-25-13-10-18-4-1-2-7-22(18)23(25)15-24-26(32)31(27(33)30-24)21-6-3-5-20(29)14-21/h1-15H,16H2,(H,30,33)/b24-15+. The Morgan fingerprint density at radius 2 is 1.74 bits per heavy atom.